The highest BCUT2D eigenvalue weighted by Crippen LogP contribution is 2.13. The van der Waals surface area contributed by atoms with Crippen LogP contribution in [0.4, 0.5) is 0 Å². The van der Waals surface area contributed by atoms with Gasteiger partial charge in [0, 0.05) is 24.8 Å². The maximum Gasteiger partial charge on any atom is 0.213 e. The molecule has 1 aliphatic heterocycles. The first-order chi connectivity index (χ1) is 8.28. The van der Waals surface area contributed by atoms with Gasteiger partial charge in [0.15, 0.2) is 0 Å². The molecule has 0 amide bonds. The van der Waals surface area contributed by atoms with Gasteiger partial charge in [0.25, 0.3) is 0 Å². The maximum absolute atomic E-state index is 5.89. The van der Waals surface area contributed by atoms with Gasteiger partial charge in [-0.3, -0.25) is 4.90 Å². The van der Waals surface area contributed by atoms with E-state index in [-0.39, 0.29) is 24.8 Å². The lowest BCUT2D eigenvalue weighted by Crippen LogP contribution is -2.39. The Morgan fingerprint density at radius 1 is 1.32 bits per heavy atom. The normalized spacial score (nSPS) is 16.3. The van der Waals surface area contributed by atoms with Gasteiger partial charge in [-0.1, -0.05) is 6.07 Å². The Bertz CT molecular complexity index is 340. The van der Waals surface area contributed by atoms with E-state index in [0.29, 0.717) is 18.5 Å². The second-order valence-electron chi connectivity index (χ2n) is 4.55. The number of ether oxygens (including phenoxy) is 1. The first-order valence-corrected chi connectivity index (χ1v) is 6.33. The Balaban J connectivity index is 0.00000162. The quantitative estimate of drug-likeness (QED) is 0.927. The lowest BCUT2D eigenvalue weighted by molar-refractivity contribution is 0.205. The molecule has 2 N–H and O–H groups in total. The van der Waals surface area contributed by atoms with Crippen molar-refractivity contribution in [2.45, 2.75) is 32.4 Å². The zero-order valence-corrected chi connectivity index (χ0v) is 12.9. The molecule has 1 saturated heterocycles. The van der Waals surface area contributed by atoms with Crippen LogP contribution in [0.3, 0.4) is 0 Å². The zero-order chi connectivity index (χ0) is 12.1. The van der Waals surface area contributed by atoms with Gasteiger partial charge < -0.3 is 10.5 Å². The zero-order valence-electron chi connectivity index (χ0n) is 11.2. The summed E-state index contributed by atoms with van der Waals surface area (Å²) in [6, 6.07) is 4.42. The number of pyridine rings is 1. The highest BCUT2D eigenvalue weighted by atomic mass is 35.5. The van der Waals surface area contributed by atoms with Crippen molar-refractivity contribution in [1.29, 1.82) is 0 Å². The minimum absolute atomic E-state index is 0. The summed E-state index contributed by atoms with van der Waals surface area (Å²) in [5.41, 5.74) is 7.13. The van der Waals surface area contributed by atoms with Crippen molar-refractivity contribution >= 4 is 24.8 Å². The maximum atomic E-state index is 5.89. The van der Waals surface area contributed by atoms with Gasteiger partial charge in [-0.25, -0.2) is 4.98 Å². The number of halogens is 2. The van der Waals surface area contributed by atoms with E-state index in [1.807, 2.05) is 19.2 Å². The molecule has 0 unspecified atom stereocenters. The number of nitrogens with zero attached hydrogens (tertiary/aromatic N) is 2. The first kappa shape index (κ1) is 18.4. The lowest BCUT2D eigenvalue weighted by atomic mass is 10.1. The molecule has 0 bridgehead atoms. The standard InChI is InChI=1S/C13H21N3O.2ClH/c1-2-17-13-4-3-11(9-15-13)10-16-7-5-12(14)6-8-16;;/h3-4,9,12H,2,5-8,10,14H2,1H3;2*1H. The second-order valence-corrected chi connectivity index (χ2v) is 4.55. The first-order valence-electron chi connectivity index (χ1n) is 6.33. The number of nitrogens with two attached hydrogens (primary N) is 1. The van der Waals surface area contributed by atoms with Crippen LogP contribution in [0.2, 0.25) is 0 Å². The summed E-state index contributed by atoms with van der Waals surface area (Å²) in [6.07, 6.45) is 4.11. The lowest BCUT2D eigenvalue weighted by Gasteiger charge is -2.29. The minimum atomic E-state index is 0. The van der Waals surface area contributed by atoms with Crippen molar-refractivity contribution in [3.63, 3.8) is 0 Å². The van der Waals surface area contributed by atoms with Gasteiger partial charge in [0.2, 0.25) is 5.88 Å². The van der Waals surface area contributed by atoms with Crippen molar-refractivity contribution in [2.75, 3.05) is 19.7 Å². The minimum Gasteiger partial charge on any atom is -0.478 e. The summed E-state index contributed by atoms with van der Waals surface area (Å²) in [6.45, 7) is 5.78. The third-order valence-electron chi connectivity index (χ3n) is 3.13. The molecule has 0 aliphatic carbocycles. The molecule has 4 nitrogen and oxygen atoms in total. The largest absolute Gasteiger partial charge is 0.478 e. The van der Waals surface area contributed by atoms with E-state index in [1.54, 1.807) is 0 Å². The molecule has 1 aromatic rings. The van der Waals surface area contributed by atoms with Crippen molar-refractivity contribution in [3.8, 4) is 5.88 Å². The van der Waals surface area contributed by atoms with Crippen LogP contribution < -0.4 is 10.5 Å². The number of piperidine rings is 1. The second kappa shape index (κ2) is 9.37. The topological polar surface area (TPSA) is 51.4 Å². The third kappa shape index (κ3) is 5.95. The smallest absolute Gasteiger partial charge is 0.213 e. The van der Waals surface area contributed by atoms with Crippen molar-refractivity contribution in [3.05, 3.63) is 23.9 Å². The fourth-order valence-electron chi connectivity index (χ4n) is 2.11. The molecule has 2 rings (SSSR count). The summed E-state index contributed by atoms with van der Waals surface area (Å²) in [4.78, 5) is 6.71. The van der Waals surface area contributed by atoms with E-state index in [0.717, 1.165) is 32.5 Å². The van der Waals surface area contributed by atoms with Crippen LogP contribution in [0.1, 0.15) is 25.3 Å². The van der Waals surface area contributed by atoms with E-state index in [4.69, 9.17) is 10.5 Å². The summed E-state index contributed by atoms with van der Waals surface area (Å²) in [5, 5.41) is 0. The Hall–Kier alpha value is -0.550. The molecule has 0 spiro atoms. The Kier molecular flexibility index (Phi) is 9.10. The van der Waals surface area contributed by atoms with Crippen molar-refractivity contribution in [2.24, 2.45) is 5.73 Å². The fraction of sp³-hybridized carbons (Fsp3) is 0.615. The van der Waals surface area contributed by atoms with E-state index in [1.165, 1.54) is 5.56 Å². The van der Waals surface area contributed by atoms with Gasteiger partial charge in [0.1, 0.15) is 0 Å². The van der Waals surface area contributed by atoms with Crippen molar-refractivity contribution < 1.29 is 4.74 Å². The number of hydrogen-bond donors (Lipinski definition) is 1. The average molecular weight is 308 g/mol. The molecular weight excluding hydrogens is 285 g/mol. The third-order valence-corrected chi connectivity index (χ3v) is 3.13. The number of aromatic nitrogens is 1. The number of rotatable bonds is 4. The molecule has 19 heavy (non-hydrogen) atoms. The Morgan fingerprint density at radius 3 is 2.53 bits per heavy atom. The molecule has 0 radical (unpaired) electrons. The molecule has 6 heteroatoms. The molecule has 0 atom stereocenters. The summed E-state index contributed by atoms with van der Waals surface area (Å²) in [5.74, 6) is 0.705. The van der Waals surface area contributed by atoms with E-state index in [9.17, 15) is 0 Å². The molecular formula is C13H23Cl2N3O. The highest BCUT2D eigenvalue weighted by Gasteiger charge is 2.15. The predicted octanol–water partition coefficient (Wildman–Crippen LogP) is 2.25. The molecule has 0 saturated carbocycles. The molecule has 110 valence electrons. The summed E-state index contributed by atoms with van der Waals surface area (Å²) in [7, 11) is 0. The van der Waals surface area contributed by atoms with Crippen LogP contribution in [0.25, 0.3) is 0 Å². The van der Waals surface area contributed by atoms with Gasteiger partial charge in [-0.2, -0.15) is 0 Å². The molecule has 2 heterocycles. The monoisotopic (exact) mass is 307 g/mol. The summed E-state index contributed by atoms with van der Waals surface area (Å²) < 4.78 is 5.32. The summed E-state index contributed by atoms with van der Waals surface area (Å²) >= 11 is 0. The van der Waals surface area contributed by atoms with Crippen LogP contribution in [0.5, 0.6) is 5.88 Å². The Morgan fingerprint density at radius 2 is 2.00 bits per heavy atom. The predicted molar refractivity (Wildman–Crippen MR) is 82.4 cm³/mol. The van der Waals surface area contributed by atoms with Crippen LogP contribution >= 0.6 is 24.8 Å². The average Bonchev–Trinajstić information content (AvgIpc) is 2.35. The van der Waals surface area contributed by atoms with Gasteiger partial charge in [-0.05, 0) is 38.4 Å². The van der Waals surface area contributed by atoms with E-state index in [2.05, 4.69) is 16.0 Å². The SMILES string of the molecule is CCOc1ccc(CN2CCC(N)CC2)cn1.Cl.Cl. The fourth-order valence-corrected chi connectivity index (χ4v) is 2.11. The number of likely N-dealkylation sites (tertiary alicyclic amines) is 1. The van der Waals surface area contributed by atoms with E-state index < -0.39 is 0 Å². The van der Waals surface area contributed by atoms with Crippen LogP contribution in [-0.4, -0.2) is 35.6 Å². The van der Waals surface area contributed by atoms with Crippen LogP contribution in [0, 0.1) is 0 Å². The molecule has 1 aliphatic rings. The van der Waals surface area contributed by atoms with Gasteiger partial charge in [0.05, 0.1) is 6.61 Å². The van der Waals surface area contributed by atoms with Crippen LogP contribution in [0.15, 0.2) is 18.3 Å². The Labute approximate surface area is 127 Å². The van der Waals surface area contributed by atoms with E-state index >= 15 is 0 Å². The van der Waals surface area contributed by atoms with Gasteiger partial charge in [-0.15, -0.1) is 24.8 Å². The molecule has 0 aromatic carbocycles. The highest BCUT2D eigenvalue weighted by molar-refractivity contribution is 5.85. The van der Waals surface area contributed by atoms with Crippen molar-refractivity contribution in [1.82, 2.24) is 9.88 Å². The van der Waals surface area contributed by atoms with Gasteiger partial charge >= 0.3 is 0 Å². The number of hydrogen-bond acceptors (Lipinski definition) is 4. The molecule has 1 fully saturated rings. The molecule has 1 aromatic heterocycles. The van der Waals surface area contributed by atoms with Crippen LogP contribution in [-0.2, 0) is 6.54 Å².